The number of carbonyl (C=O) groups excluding carboxylic acids is 1. The zero-order chi connectivity index (χ0) is 19.8. The number of nitrogens with one attached hydrogen (secondary N) is 1. The molecule has 3 rings (SSSR count). The van der Waals surface area contributed by atoms with E-state index in [9.17, 15) is 13.2 Å². The molecule has 0 spiro atoms. The average Bonchev–Trinajstić information content (AvgIpc) is 3.06. The molecule has 0 unspecified atom stereocenters. The normalized spacial score (nSPS) is 16.3. The molecule has 1 aromatic carbocycles. The van der Waals surface area contributed by atoms with Crippen LogP contribution in [0.3, 0.4) is 0 Å². The van der Waals surface area contributed by atoms with Crippen molar-refractivity contribution < 1.29 is 13.2 Å². The Labute approximate surface area is 161 Å². The van der Waals surface area contributed by atoms with Crippen LogP contribution in [-0.2, 0) is 14.8 Å². The monoisotopic (exact) mass is 410 g/mol. The van der Waals surface area contributed by atoms with E-state index in [2.05, 4.69) is 14.7 Å². The van der Waals surface area contributed by atoms with Gasteiger partial charge in [0.2, 0.25) is 15.9 Å². The van der Waals surface area contributed by atoms with Crippen molar-refractivity contribution in [1.82, 2.24) is 9.71 Å². The maximum absolute atomic E-state index is 12.9. The molecule has 1 amide bonds. The van der Waals surface area contributed by atoms with Gasteiger partial charge in [-0.05, 0) is 25.0 Å². The minimum absolute atomic E-state index is 0.0707. The van der Waals surface area contributed by atoms with Crippen molar-refractivity contribution in [1.29, 1.82) is 0 Å². The van der Waals surface area contributed by atoms with Crippen LogP contribution in [0.25, 0.3) is 10.8 Å². The van der Waals surface area contributed by atoms with E-state index in [4.69, 9.17) is 28.8 Å². The lowest BCUT2D eigenvalue weighted by molar-refractivity contribution is -0.123. The Hall–Kier alpha value is -2.43. The number of halogens is 1. The molecule has 0 atom stereocenters. The van der Waals surface area contributed by atoms with E-state index in [0.29, 0.717) is 28.6 Å². The Balaban J connectivity index is 2.11. The molecule has 144 valence electrons. The number of nitrogens with zero attached hydrogens (tertiary/aromatic N) is 2. The molecule has 0 aliphatic heterocycles. The number of hydrogen-bond acceptors (Lipinski definition) is 5. The second kappa shape index (κ2) is 6.95. The quantitative estimate of drug-likeness (QED) is 0.421. The first-order valence-corrected chi connectivity index (χ1v) is 10.0. The molecule has 27 heavy (non-hydrogen) atoms. The van der Waals surface area contributed by atoms with Gasteiger partial charge in [-0.3, -0.25) is 4.79 Å². The molecular weight excluding hydrogens is 392 g/mol. The number of primary amides is 1. The molecule has 9 nitrogen and oxygen atoms in total. The number of nitrogens with two attached hydrogens (primary N) is 3. The van der Waals surface area contributed by atoms with Gasteiger partial charge in [0.05, 0.1) is 9.92 Å². The highest BCUT2D eigenvalue weighted by atomic mass is 35.5. The topological polar surface area (TPSA) is 167 Å². The highest BCUT2D eigenvalue weighted by Gasteiger charge is 2.43. The number of pyridine rings is 1. The average molecular weight is 411 g/mol. The molecule has 0 radical (unpaired) electrons. The molecule has 1 saturated carbocycles. The second-order valence-electron chi connectivity index (χ2n) is 6.43. The summed E-state index contributed by atoms with van der Waals surface area (Å²) in [6, 6.07) is 4.28. The molecule has 1 heterocycles. The van der Waals surface area contributed by atoms with Gasteiger partial charge in [0.1, 0.15) is 5.54 Å². The van der Waals surface area contributed by atoms with Crippen LogP contribution in [0, 0.1) is 0 Å². The van der Waals surface area contributed by atoms with Gasteiger partial charge in [-0.15, -0.1) is 0 Å². The van der Waals surface area contributed by atoms with Crippen molar-refractivity contribution in [2.24, 2.45) is 22.2 Å². The predicted octanol–water partition coefficient (Wildman–Crippen LogP) is 0.869. The molecule has 11 heteroatoms. The van der Waals surface area contributed by atoms with Gasteiger partial charge in [0, 0.05) is 17.0 Å². The van der Waals surface area contributed by atoms with Crippen LogP contribution in [0.4, 0.5) is 5.82 Å². The molecule has 2 aromatic rings. The molecule has 1 aliphatic carbocycles. The first-order valence-electron chi connectivity index (χ1n) is 8.16. The first-order chi connectivity index (χ1) is 12.6. The lowest BCUT2D eigenvalue weighted by Crippen LogP contribution is -2.55. The fourth-order valence-electron chi connectivity index (χ4n) is 3.25. The summed E-state index contributed by atoms with van der Waals surface area (Å²) in [5.41, 5.74) is 15.0. The molecular formula is C16H19ClN6O3S. The van der Waals surface area contributed by atoms with Crippen LogP contribution in [0.5, 0.6) is 0 Å². The van der Waals surface area contributed by atoms with Gasteiger partial charge in [0.25, 0.3) is 0 Å². The molecule has 0 saturated heterocycles. The predicted molar refractivity (Wildman–Crippen MR) is 103 cm³/mol. The Kier molecular flexibility index (Phi) is 4.98. The number of aromatic nitrogens is 1. The zero-order valence-corrected chi connectivity index (χ0v) is 15.8. The van der Waals surface area contributed by atoms with Gasteiger partial charge in [-0.25, -0.2) is 13.4 Å². The van der Waals surface area contributed by atoms with Gasteiger partial charge < -0.3 is 17.2 Å². The molecule has 7 N–H and O–H groups in total. The van der Waals surface area contributed by atoms with Crippen molar-refractivity contribution >= 4 is 50.1 Å². The maximum Gasteiger partial charge on any atom is 0.241 e. The summed E-state index contributed by atoms with van der Waals surface area (Å²) in [5, 5.41) is 1.22. The number of hydrogen-bond donors (Lipinski definition) is 4. The number of carbonyl (C=O) groups is 1. The fourth-order valence-corrected chi connectivity index (χ4v) is 4.92. The van der Waals surface area contributed by atoms with Gasteiger partial charge >= 0.3 is 0 Å². The smallest absolute Gasteiger partial charge is 0.241 e. The van der Waals surface area contributed by atoms with E-state index in [1.54, 1.807) is 0 Å². The number of benzene rings is 1. The van der Waals surface area contributed by atoms with Crippen molar-refractivity contribution in [2.75, 3.05) is 0 Å². The molecule has 0 bridgehead atoms. The number of guanidine groups is 1. The second-order valence-corrected chi connectivity index (χ2v) is 8.52. The lowest BCUT2D eigenvalue weighted by Gasteiger charge is -2.26. The third-order valence-corrected chi connectivity index (χ3v) is 6.43. The van der Waals surface area contributed by atoms with Crippen LogP contribution >= 0.6 is 11.6 Å². The van der Waals surface area contributed by atoms with Crippen LogP contribution in [0.15, 0.2) is 34.3 Å². The number of rotatable bonds is 5. The summed E-state index contributed by atoms with van der Waals surface area (Å²) in [5.74, 6) is -0.775. The largest absolute Gasteiger partial charge is 0.370 e. The first kappa shape index (κ1) is 19.3. The van der Waals surface area contributed by atoms with E-state index in [-0.39, 0.29) is 16.7 Å². The van der Waals surface area contributed by atoms with Crippen LogP contribution in [-0.4, -0.2) is 30.8 Å². The van der Waals surface area contributed by atoms with Gasteiger partial charge in [-0.2, -0.15) is 9.71 Å². The van der Waals surface area contributed by atoms with Crippen molar-refractivity contribution in [2.45, 2.75) is 36.1 Å². The summed E-state index contributed by atoms with van der Waals surface area (Å²) in [7, 11) is -4.03. The maximum atomic E-state index is 12.9. The highest BCUT2D eigenvalue weighted by Crippen LogP contribution is 2.34. The number of aliphatic imine (C=N–C) groups is 1. The SMILES string of the molecule is NC(=O)C1(NS(=O)(=O)c2ccc3c(Cl)cnc(N=C(N)N)c3c2)CCCC1. The molecule has 1 aliphatic rings. The Bertz CT molecular complexity index is 1040. The lowest BCUT2D eigenvalue weighted by atomic mass is 9.99. The molecule has 1 aromatic heterocycles. The Morgan fingerprint density at radius 2 is 1.85 bits per heavy atom. The highest BCUT2D eigenvalue weighted by molar-refractivity contribution is 7.89. The van der Waals surface area contributed by atoms with E-state index >= 15 is 0 Å². The summed E-state index contributed by atoms with van der Waals surface area (Å²) in [6.07, 6.45) is 3.54. The van der Waals surface area contributed by atoms with Crippen LogP contribution in [0.1, 0.15) is 25.7 Å². The fraction of sp³-hybridized carbons (Fsp3) is 0.312. The zero-order valence-electron chi connectivity index (χ0n) is 14.3. The molecule has 1 fully saturated rings. The number of fused-ring (bicyclic) bond motifs is 1. The Morgan fingerprint density at radius 3 is 2.44 bits per heavy atom. The van der Waals surface area contributed by atoms with E-state index < -0.39 is 21.5 Å². The van der Waals surface area contributed by atoms with Gasteiger partial charge in [-0.1, -0.05) is 30.5 Å². The summed E-state index contributed by atoms with van der Waals surface area (Å²) < 4.78 is 28.3. The minimum Gasteiger partial charge on any atom is -0.370 e. The van der Waals surface area contributed by atoms with Crippen molar-refractivity contribution in [3.63, 3.8) is 0 Å². The van der Waals surface area contributed by atoms with Crippen molar-refractivity contribution in [3.05, 3.63) is 29.4 Å². The number of amides is 1. The van der Waals surface area contributed by atoms with E-state index in [0.717, 1.165) is 12.8 Å². The summed E-state index contributed by atoms with van der Waals surface area (Å²) >= 11 is 6.13. The number of sulfonamides is 1. The van der Waals surface area contributed by atoms with Crippen LogP contribution < -0.4 is 21.9 Å². The van der Waals surface area contributed by atoms with Crippen LogP contribution in [0.2, 0.25) is 5.02 Å². The standard InChI is InChI=1S/C16H19ClN6O3S/c17-12-8-21-13(22-15(19)20)11-7-9(3-4-10(11)12)27(25,26)23-16(14(18)24)5-1-2-6-16/h3-4,7-8,23H,1-2,5-6H2,(H2,18,24)(H4,19,20,21,22). The minimum atomic E-state index is -4.03. The van der Waals surface area contributed by atoms with Crippen molar-refractivity contribution in [3.8, 4) is 0 Å². The van der Waals surface area contributed by atoms with E-state index in [1.807, 2.05) is 0 Å². The summed E-state index contributed by atoms with van der Waals surface area (Å²) in [6.45, 7) is 0. The third-order valence-electron chi connectivity index (χ3n) is 4.59. The van der Waals surface area contributed by atoms with E-state index in [1.165, 1.54) is 24.4 Å². The summed E-state index contributed by atoms with van der Waals surface area (Å²) in [4.78, 5) is 19.8. The third kappa shape index (κ3) is 3.68. The van der Waals surface area contributed by atoms with Gasteiger partial charge in [0.15, 0.2) is 11.8 Å². The Morgan fingerprint density at radius 1 is 1.19 bits per heavy atom.